The molecule has 0 aromatic heterocycles. The maximum absolute atomic E-state index is 12.8. The van der Waals surface area contributed by atoms with E-state index in [-0.39, 0.29) is 18.0 Å². The van der Waals surface area contributed by atoms with Gasteiger partial charge in [-0.3, -0.25) is 0 Å². The second-order valence-corrected chi connectivity index (χ2v) is 6.44. The summed E-state index contributed by atoms with van der Waals surface area (Å²) in [7, 11) is 0. The summed E-state index contributed by atoms with van der Waals surface area (Å²) in [5.74, 6) is 0.639. The Morgan fingerprint density at radius 3 is 2.08 bits per heavy atom. The highest BCUT2D eigenvalue weighted by atomic mass is 19.4. The van der Waals surface area contributed by atoms with Gasteiger partial charge in [0.1, 0.15) is 11.5 Å². The van der Waals surface area contributed by atoms with E-state index in [1.807, 2.05) is 12.1 Å². The predicted molar refractivity (Wildman–Crippen MR) is 89.7 cm³/mol. The lowest BCUT2D eigenvalue weighted by Crippen LogP contribution is -2.31. The van der Waals surface area contributed by atoms with Gasteiger partial charge in [-0.2, -0.15) is 13.2 Å². The first-order valence-electron chi connectivity index (χ1n) is 8.41. The molecule has 7 heteroatoms. The van der Waals surface area contributed by atoms with Gasteiger partial charge in [-0.15, -0.1) is 0 Å². The van der Waals surface area contributed by atoms with E-state index >= 15 is 0 Å². The number of halogens is 3. The molecule has 2 aliphatic rings. The summed E-state index contributed by atoms with van der Waals surface area (Å²) in [5.41, 5.74) is 0.277. The van der Waals surface area contributed by atoms with Crippen LogP contribution in [-0.4, -0.2) is 38.5 Å². The lowest BCUT2D eigenvalue weighted by Gasteiger charge is -2.23. The van der Waals surface area contributed by atoms with Crippen LogP contribution in [-0.2, 0) is 15.7 Å². The lowest BCUT2D eigenvalue weighted by molar-refractivity contribution is -0.137. The number of benzene rings is 2. The SMILES string of the molecule is FC(F)(F)c1cccc(Oc2ccc(N(CC3CO3)CC3CO3)cc2)c1. The summed E-state index contributed by atoms with van der Waals surface area (Å²) in [6.45, 7) is 3.15. The fraction of sp³-hybridized carbons (Fsp3) is 0.368. The van der Waals surface area contributed by atoms with E-state index in [1.165, 1.54) is 12.1 Å². The summed E-state index contributed by atoms with van der Waals surface area (Å²) in [6.07, 6.45) is -3.87. The Labute approximate surface area is 149 Å². The van der Waals surface area contributed by atoms with Crippen molar-refractivity contribution in [3.05, 3.63) is 54.1 Å². The number of ether oxygens (including phenoxy) is 3. The lowest BCUT2D eigenvalue weighted by atomic mass is 10.2. The fourth-order valence-corrected chi connectivity index (χ4v) is 2.72. The molecule has 138 valence electrons. The normalized spacial score (nSPS) is 21.3. The molecule has 4 nitrogen and oxygen atoms in total. The molecule has 2 aromatic rings. The Bertz CT molecular complexity index is 741. The zero-order valence-electron chi connectivity index (χ0n) is 13.9. The van der Waals surface area contributed by atoms with Crippen LogP contribution in [0, 0.1) is 0 Å². The Hall–Kier alpha value is -2.25. The van der Waals surface area contributed by atoms with E-state index in [0.717, 1.165) is 44.1 Å². The number of hydrogen-bond donors (Lipinski definition) is 0. The van der Waals surface area contributed by atoms with Gasteiger partial charge in [0.25, 0.3) is 0 Å². The van der Waals surface area contributed by atoms with E-state index in [9.17, 15) is 13.2 Å². The average molecular weight is 365 g/mol. The van der Waals surface area contributed by atoms with Gasteiger partial charge in [-0.05, 0) is 42.5 Å². The summed E-state index contributed by atoms with van der Waals surface area (Å²) in [4.78, 5) is 2.20. The summed E-state index contributed by atoms with van der Waals surface area (Å²) in [5, 5.41) is 0. The quantitative estimate of drug-likeness (QED) is 0.693. The van der Waals surface area contributed by atoms with Gasteiger partial charge >= 0.3 is 6.18 Å². The zero-order valence-corrected chi connectivity index (χ0v) is 13.9. The van der Waals surface area contributed by atoms with Crippen LogP contribution in [0.15, 0.2) is 48.5 Å². The molecule has 2 aromatic carbocycles. The number of epoxide rings is 2. The van der Waals surface area contributed by atoms with E-state index in [1.54, 1.807) is 12.1 Å². The molecular formula is C19H18F3NO3. The van der Waals surface area contributed by atoms with Crippen molar-refractivity contribution in [3.63, 3.8) is 0 Å². The molecule has 0 bridgehead atoms. The van der Waals surface area contributed by atoms with Crippen molar-refractivity contribution in [1.29, 1.82) is 0 Å². The van der Waals surface area contributed by atoms with E-state index < -0.39 is 11.7 Å². The average Bonchev–Trinajstić information content (AvgIpc) is 3.51. The van der Waals surface area contributed by atoms with Crippen molar-refractivity contribution in [3.8, 4) is 11.5 Å². The molecule has 0 radical (unpaired) electrons. The molecule has 26 heavy (non-hydrogen) atoms. The van der Waals surface area contributed by atoms with Gasteiger partial charge in [-0.1, -0.05) is 6.07 Å². The Balaban J connectivity index is 1.45. The molecular weight excluding hydrogens is 347 g/mol. The second-order valence-electron chi connectivity index (χ2n) is 6.44. The highest BCUT2D eigenvalue weighted by molar-refractivity contribution is 5.50. The largest absolute Gasteiger partial charge is 0.457 e. The van der Waals surface area contributed by atoms with E-state index in [0.29, 0.717) is 5.75 Å². The first-order chi connectivity index (χ1) is 12.5. The van der Waals surface area contributed by atoms with Crippen LogP contribution in [0.1, 0.15) is 5.56 Å². The minimum absolute atomic E-state index is 0.155. The van der Waals surface area contributed by atoms with Gasteiger partial charge in [0, 0.05) is 18.8 Å². The third-order valence-electron chi connectivity index (χ3n) is 4.25. The third-order valence-corrected chi connectivity index (χ3v) is 4.25. The van der Waals surface area contributed by atoms with Gasteiger partial charge in [0.15, 0.2) is 0 Å². The molecule has 2 fully saturated rings. The van der Waals surface area contributed by atoms with E-state index in [4.69, 9.17) is 14.2 Å². The molecule has 2 saturated heterocycles. The molecule has 4 rings (SSSR count). The summed E-state index contributed by atoms with van der Waals surface area (Å²) >= 11 is 0. The van der Waals surface area contributed by atoms with Crippen molar-refractivity contribution >= 4 is 5.69 Å². The van der Waals surface area contributed by atoms with Crippen molar-refractivity contribution in [2.75, 3.05) is 31.2 Å². The maximum Gasteiger partial charge on any atom is 0.416 e. The van der Waals surface area contributed by atoms with Crippen molar-refractivity contribution in [2.24, 2.45) is 0 Å². The number of nitrogens with zero attached hydrogens (tertiary/aromatic N) is 1. The Kier molecular flexibility index (Phi) is 4.50. The summed E-state index contributed by atoms with van der Waals surface area (Å²) < 4.78 is 54.5. The minimum Gasteiger partial charge on any atom is -0.457 e. The van der Waals surface area contributed by atoms with Crippen molar-refractivity contribution in [2.45, 2.75) is 18.4 Å². The number of alkyl halides is 3. The molecule has 2 atom stereocenters. The molecule has 2 unspecified atom stereocenters. The Morgan fingerprint density at radius 2 is 1.54 bits per heavy atom. The van der Waals surface area contributed by atoms with Crippen LogP contribution in [0.2, 0.25) is 0 Å². The monoisotopic (exact) mass is 365 g/mol. The first-order valence-corrected chi connectivity index (χ1v) is 8.41. The second kappa shape index (κ2) is 6.81. The molecule has 0 saturated carbocycles. The van der Waals surface area contributed by atoms with Gasteiger partial charge in [0.05, 0.1) is 31.0 Å². The minimum atomic E-state index is -4.39. The van der Waals surface area contributed by atoms with Crippen LogP contribution < -0.4 is 9.64 Å². The molecule has 0 amide bonds. The van der Waals surface area contributed by atoms with Crippen molar-refractivity contribution in [1.82, 2.24) is 0 Å². The van der Waals surface area contributed by atoms with Gasteiger partial charge < -0.3 is 19.1 Å². The highest BCUT2D eigenvalue weighted by Crippen LogP contribution is 2.33. The maximum atomic E-state index is 12.8. The Morgan fingerprint density at radius 1 is 0.923 bits per heavy atom. The molecule has 2 heterocycles. The van der Waals surface area contributed by atoms with Crippen LogP contribution in [0.25, 0.3) is 0 Å². The smallest absolute Gasteiger partial charge is 0.416 e. The number of rotatable bonds is 7. The number of anilines is 1. The highest BCUT2D eigenvalue weighted by Gasteiger charge is 2.31. The van der Waals surface area contributed by atoms with Gasteiger partial charge in [-0.25, -0.2) is 0 Å². The van der Waals surface area contributed by atoms with Crippen LogP contribution in [0.5, 0.6) is 11.5 Å². The third kappa shape index (κ3) is 4.47. The molecule has 2 aliphatic heterocycles. The summed E-state index contributed by atoms with van der Waals surface area (Å²) in [6, 6.07) is 12.2. The van der Waals surface area contributed by atoms with E-state index in [2.05, 4.69) is 4.90 Å². The van der Waals surface area contributed by atoms with Crippen LogP contribution in [0.4, 0.5) is 18.9 Å². The fourth-order valence-electron chi connectivity index (χ4n) is 2.72. The van der Waals surface area contributed by atoms with Crippen LogP contribution >= 0.6 is 0 Å². The molecule has 0 spiro atoms. The van der Waals surface area contributed by atoms with Gasteiger partial charge in [0.2, 0.25) is 0 Å². The standard InChI is InChI=1S/C19H18F3NO3/c20-19(21,22)13-2-1-3-16(8-13)26-15-6-4-14(5-7-15)23(9-17-11-24-17)10-18-12-25-18/h1-8,17-18H,9-12H2. The predicted octanol–water partition coefficient (Wildman–Crippen LogP) is 4.10. The number of hydrogen-bond acceptors (Lipinski definition) is 4. The molecule has 0 N–H and O–H groups in total. The van der Waals surface area contributed by atoms with Crippen LogP contribution in [0.3, 0.4) is 0 Å². The van der Waals surface area contributed by atoms with Crippen molar-refractivity contribution < 1.29 is 27.4 Å². The first kappa shape index (κ1) is 17.2. The zero-order chi connectivity index (χ0) is 18.1. The topological polar surface area (TPSA) is 37.5 Å². The molecule has 0 aliphatic carbocycles.